The third-order valence-corrected chi connectivity index (χ3v) is 5.20. The summed E-state index contributed by atoms with van der Waals surface area (Å²) in [6, 6.07) is 5.63. The van der Waals surface area contributed by atoms with Gasteiger partial charge in [-0.05, 0) is 26.0 Å². The predicted octanol–water partition coefficient (Wildman–Crippen LogP) is 0.378. The molecule has 0 saturated carbocycles. The third-order valence-electron chi connectivity index (χ3n) is 5.01. The Hall–Kier alpha value is -3.44. The first-order valence-electron chi connectivity index (χ1n) is 10.6. The molecular weight excluding hydrogens is 448 g/mol. The highest BCUT2D eigenvalue weighted by atomic mass is 35.5. The first kappa shape index (κ1) is 24.2. The molecular formula is C21H28ClN8O3+. The van der Waals surface area contributed by atoms with E-state index in [2.05, 4.69) is 29.7 Å². The van der Waals surface area contributed by atoms with Gasteiger partial charge in [0, 0.05) is 19.2 Å². The molecule has 1 aromatic carbocycles. The number of benzene rings is 1. The van der Waals surface area contributed by atoms with E-state index in [-0.39, 0.29) is 35.7 Å². The van der Waals surface area contributed by atoms with Crippen LogP contribution in [0, 0.1) is 0 Å². The quantitative estimate of drug-likeness (QED) is 0.309. The van der Waals surface area contributed by atoms with Crippen molar-refractivity contribution in [1.82, 2.24) is 25.2 Å². The van der Waals surface area contributed by atoms with E-state index in [1.807, 2.05) is 32.0 Å². The number of rotatable bonds is 10. The minimum Gasteiger partial charge on any atom is -0.484 e. The standard InChI is InChI=1S/C21H27ClN8O3/c1-3-29-14-6-5-13(33-12-17(31)25-8-7-23)9-15(14)30(4-2)18(29)11-27-21(32)19-20(24)26-10-16(22)28-19/h5-6,9-10H,3-4,7-8,11-12,23H2,1-2H3,(H3-,24,25,26,27,31,32)/p+1. The van der Waals surface area contributed by atoms with E-state index in [9.17, 15) is 9.59 Å². The van der Waals surface area contributed by atoms with E-state index in [4.69, 9.17) is 27.8 Å². The number of carbonyl (C=O) groups excluding carboxylic acids is 2. The van der Waals surface area contributed by atoms with Gasteiger partial charge >= 0.3 is 0 Å². The summed E-state index contributed by atoms with van der Waals surface area (Å²) in [6.45, 7) is 6.30. The third kappa shape index (κ3) is 5.49. The van der Waals surface area contributed by atoms with Crippen LogP contribution in [0.3, 0.4) is 0 Å². The van der Waals surface area contributed by atoms with Gasteiger partial charge in [0.25, 0.3) is 17.6 Å². The molecule has 12 heteroatoms. The number of ether oxygens (including phenoxy) is 1. The van der Waals surface area contributed by atoms with Gasteiger partial charge in [0.1, 0.15) is 17.4 Å². The van der Waals surface area contributed by atoms with Crippen LogP contribution < -0.4 is 31.4 Å². The van der Waals surface area contributed by atoms with Crippen molar-refractivity contribution >= 4 is 40.3 Å². The van der Waals surface area contributed by atoms with E-state index >= 15 is 0 Å². The molecule has 2 heterocycles. The predicted molar refractivity (Wildman–Crippen MR) is 124 cm³/mol. The summed E-state index contributed by atoms with van der Waals surface area (Å²) in [5.41, 5.74) is 13.0. The number of hydrogen-bond acceptors (Lipinski definition) is 7. The van der Waals surface area contributed by atoms with Gasteiger partial charge in [-0.15, -0.1) is 0 Å². The minimum absolute atomic E-state index is 0.00796. The van der Waals surface area contributed by atoms with Crippen LogP contribution in [-0.4, -0.2) is 46.0 Å². The molecule has 3 rings (SSSR count). The van der Waals surface area contributed by atoms with Gasteiger partial charge < -0.3 is 26.8 Å². The number of nitrogens with zero attached hydrogens (tertiary/aromatic N) is 4. The summed E-state index contributed by atoms with van der Waals surface area (Å²) in [6.07, 6.45) is 1.29. The summed E-state index contributed by atoms with van der Waals surface area (Å²) in [5, 5.41) is 5.61. The van der Waals surface area contributed by atoms with Crippen LogP contribution in [0.15, 0.2) is 24.4 Å². The first-order chi connectivity index (χ1) is 15.9. The van der Waals surface area contributed by atoms with Gasteiger partial charge in [-0.2, -0.15) is 0 Å². The minimum atomic E-state index is -0.467. The van der Waals surface area contributed by atoms with Crippen molar-refractivity contribution in [3.8, 4) is 5.75 Å². The second-order valence-corrected chi connectivity index (χ2v) is 7.48. The zero-order valence-electron chi connectivity index (χ0n) is 18.6. The van der Waals surface area contributed by atoms with Gasteiger partial charge in [0.2, 0.25) is 0 Å². The molecule has 0 aliphatic carbocycles. The maximum Gasteiger partial charge on any atom is 0.277 e. The molecule has 2 amide bonds. The summed E-state index contributed by atoms with van der Waals surface area (Å²) >= 11 is 5.85. The number of fused-ring (bicyclic) bond motifs is 1. The molecule has 2 aromatic heterocycles. The topological polar surface area (TPSA) is 154 Å². The summed E-state index contributed by atoms with van der Waals surface area (Å²) in [5.74, 6) is 0.758. The number of hydrogen-bond donors (Lipinski definition) is 4. The van der Waals surface area contributed by atoms with Crippen molar-refractivity contribution in [3.05, 3.63) is 41.1 Å². The molecule has 6 N–H and O–H groups in total. The Kier molecular flexibility index (Phi) is 8.01. The Morgan fingerprint density at radius 1 is 1.27 bits per heavy atom. The zero-order valence-corrected chi connectivity index (χ0v) is 19.4. The van der Waals surface area contributed by atoms with Crippen molar-refractivity contribution in [2.24, 2.45) is 5.73 Å². The average molecular weight is 476 g/mol. The Labute approximate surface area is 196 Å². The fraction of sp³-hybridized carbons (Fsp3) is 0.381. The van der Waals surface area contributed by atoms with Crippen LogP contribution in [0.2, 0.25) is 5.15 Å². The van der Waals surface area contributed by atoms with Crippen LogP contribution >= 0.6 is 11.6 Å². The van der Waals surface area contributed by atoms with Crippen molar-refractivity contribution in [3.63, 3.8) is 0 Å². The smallest absolute Gasteiger partial charge is 0.277 e. The van der Waals surface area contributed by atoms with E-state index < -0.39 is 5.91 Å². The zero-order chi connectivity index (χ0) is 24.0. The number of aryl methyl sites for hydroxylation is 2. The molecule has 0 aliphatic heterocycles. The van der Waals surface area contributed by atoms with Crippen molar-refractivity contribution < 1.29 is 18.9 Å². The maximum atomic E-state index is 12.6. The summed E-state index contributed by atoms with van der Waals surface area (Å²) in [4.78, 5) is 32.3. The van der Waals surface area contributed by atoms with Gasteiger partial charge in [-0.3, -0.25) is 9.59 Å². The van der Waals surface area contributed by atoms with Gasteiger partial charge in [-0.1, -0.05) is 11.6 Å². The van der Waals surface area contributed by atoms with Crippen LogP contribution in [-0.2, 0) is 24.4 Å². The first-order valence-corrected chi connectivity index (χ1v) is 11.0. The second kappa shape index (κ2) is 10.9. The van der Waals surface area contributed by atoms with Crippen LogP contribution in [0.25, 0.3) is 11.0 Å². The molecule has 0 aliphatic rings. The Morgan fingerprint density at radius 3 is 2.76 bits per heavy atom. The molecule has 33 heavy (non-hydrogen) atoms. The number of imidazole rings is 1. The molecule has 0 saturated heterocycles. The summed E-state index contributed by atoms with van der Waals surface area (Å²) < 4.78 is 9.83. The number of amides is 2. The number of carbonyl (C=O) groups is 2. The monoisotopic (exact) mass is 475 g/mol. The SMILES string of the molecule is CCn1c(CNC(=O)c2nc(Cl)cnc2N)[n+](CC)c2ccc(OCC(=O)NCCN)cc21. The van der Waals surface area contributed by atoms with E-state index in [1.165, 1.54) is 6.20 Å². The maximum absolute atomic E-state index is 12.6. The lowest BCUT2D eigenvalue weighted by Crippen LogP contribution is -2.40. The van der Waals surface area contributed by atoms with Gasteiger partial charge in [-0.25, -0.2) is 19.1 Å². The Morgan fingerprint density at radius 2 is 2.06 bits per heavy atom. The lowest BCUT2D eigenvalue weighted by Gasteiger charge is -2.07. The number of nitrogen functional groups attached to an aromatic ring is 1. The molecule has 0 atom stereocenters. The average Bonchev–Trinajstić information content (AvgIpc) is 3.12. The lowest BCUT2D eigenvalue weighted by molar-refractivity contribution is -0.676. The fourth-order valence-electron chi connectivity index (χ4n) is 3.56. The molecule has 0 radical (unpaired) electrons. The van der Waals surface area contributed by atoms with Crippen LogP contribution in [0.1, 0.15) is 30.2 Å². The number of nitrogens with one attached hydrogen (secondary N) is 2. The van der Waals surface area contributed by atoms with Gasteiger partial charge in [0.15, 0.2) is 29.2 Å². The highest BCUT2D eigenvalue weighted by Gasteiger charge is 2.25. The number of anilines is 1. The Balaban J connectivity index is 1.84. The second-order valence-electron chi connectivity index (χ2n) is 7.09. The molecule has 11 nitrogen and oxygen atoms in total. The molecule has 0 bridgehead atoms. The summed E-state index contributed by atoms with van der Waals surface area (Å²) in [7, 11) is 0. The highest BCUT2D eigenvalue weighted by molar-refractivity contribution is 6.29. The number of halogens is 1. The number of aromatic nitrogens is 4. The Bertz CT molecular complexity index is 1160. The molecule has 0 spiro atoms. The largest absolute Gasteiger partial charge is 0.484 e. The van der Waals surface area contributed by atoms with Crippen molar-refractivity contribution in [1.29, 1.82) is 0 Å². The van der Waals surface area contributed by atoms with E-state index in [0.717, 1.165) is 16.9 Å². The van der Waals surface area contributed by atoms with Crippen LogP contribution in [0.4, 0.5) is 5.82 Å². The number of nitrogens with two attached hydrogens (primary N) is 2. The van der Waals surface area contributed by atoms with Crippen molar-refractivity contribution in [2.45, 2.75) is 33.5 Å². The van der Waals surface area contributed by atoms with E-state index in [0.29, 0.717) is 31.9 Å². The fourth-order valence-corrected chi connectivity index (χ4v) is 3.69. The molecule has 176 valence electrons. The van der Waals surface area contributed by atoms with Crippen LogP contribution in [0.5, 0.6) is 5.75 Å². The molecule has 0 fully saturated rings. The molecule has 0 unspecified atom stereocenters. The van der Waals surface area contributed by atoms with Crippen molar-refractivity contribution in [2.75, 3.05) is 25.4 Å². The highest BCUT2D eigenvalue weighted by Crippen LogP contribution is 2.22. The lowest BCUT2D eigenvalue weighted by atomic mass is 10.3. The van der Waals surface area contributed by atoms with Gasteiger partial charge in [0.05, 0.1) is 19.3 Å². The normalized spacial score (nSPS) is 10.9. The molecule has 3 aromatic rings. The van der Waals surface area contributed by atoms with E-state index in [1.54, 1.807) is 0 Å².